The number of nitrogens with one attached hydrogen (secondary N) is 1. The number of rotatable bonds is 12. The SMILES string of the molecule is CCNC(=O)[C@@H](C)N(CCc1ccccc1)C(=O)CN(c1ccc(C)cc1)S(=O)(=O)c1ccc(OC)cc1. The third-order valence-electron chi connectivity index (χ3n) is 6.25. The zero-order valence-electron chi connectivity index (χ0n) is 22.3. The van der Waals surface area contributed by atoms with Gasteiger partial charge in [-0.05, 0) is 69.2 Å². The Hall–Kier alpha value is -3.85. The standard InChI is InChI=1S/C29H35N3O5S/c1-5-30-29(34)23(3)31(20-19-24-9-7-6-8-10-24)28(33)21-32(25-13-11-22(2)12-14-25)38(35,36)27-17-15-26(37-4)16-18-27/h6-18,23H,5,19-21H2,1-4H3,(H,30,34)/t23-/m1/s1. The van der Waals surface area contributed by atoms with Gasteiger partial charge in [0.1, 0.15) is 18.3 Å². The van der Waals surface area contributed by atoms with Crippen LogP contribution >= 0.6 is 0 Å². The molecule has 9 heteroatoms. The highest BCUT2D eigenvalue weighted by atomic mass is 32.2. The van der Waals surface area contributed by atoms with Crippen LogP contribution in [0, 0.1) is 6.92 Å². The van der Waals surface area contributed by atoms with Crippen LogP contribution in [0.5, 0.6) is 5.75 Å². The number of hydrogen-bond acceptors (Lipinski definition) is 5. The quantitative estimate of drug-likeness (QED) is 0.379. The van der Waals surface area contributed by atoms with Gasteiger partial charge >= 0.3 is 0 Å². The Bertz CT molecular complexity index is 1310. The molecule has 1 atom stereocenters. The van der Waals surface area contributed by atoms with Crippen molar-refractivity contribution in [2.75, 3.05) is 31.0 Å². The Morgan fingerprint density at radius 3 is 2.16 bits per heavy atom. The third-order valence-corrected chi connectivity index (χ3v) is 8.04. The molecule has 3 aromatic rings. The molecular formula is C29H35N3O5S. The van der Waals surface area contributed by atoms with Crippen LogP contribution in [0.1, 0.15) is 25.0 Å². The van der Waals surface area contributed by atoms with Crippen LogP contribution in [0.3, 0.4) is 0 Å². The number of carbonyl (C=O) groups excluding carboxylic acids is 2. The fraction of sp³-hybridized carbons (Fsp3) is 0.310. The second-order valence-electron chi connectivity index (χ2n) is 8.92. The summed E-state index contributed by atoms with van der Waals surface area (Å²) in [6.45, 7) is 5.58. The number of ether oxygens (including phenoxy) is 1. The van der Waals surface area contributed by atoms with Crippen molar-refractivity contribution in [3.8, 4) is 5.75 Å². The zero-order chi connectivity index (χ0) is 27.7. The molecule has 0 bridgehead atoms. The maximum absolute atomic E-state index is 13.8. The largest absolute Gasteiger partial charge is 0.497 e. The lowest BCUT2D eigenvalue weighted by Crippen LogP contribution is -2.52. The van der Waals surface area contributed by atoms with Gasteiger partial charge in [0, 0.05) is 13.1 Å². The summed E-state index contributed by atoms with van der Waals surface area (Å²) in [6, 6.07) is 21.8. The maximum atomic E-state index is 13.8. The average Bonchev–Trinajstić information content (AvgIpc) is 2.93. The topological polar surface area (TPSA) is 96.0 Å². The number of likely N-dealkylation sites (N-methyl/N-ethyl adjacent to an activating group) is 1. The molecule has 0 heterocycles. The number of hydrogen-bond donors (Lipinski definition) is 1. The first kappa shape index (κ1) is 28.7. The Balaban J connectivity index is 1.96. The number of anilines is 1. The van der Waals surface area contributed by atoms with Crippen LogP contribution in [0.4, 0.5) is 5.69 Å². The van der Waals surface area contributed by atoms with E-state index in [1.165, 1.54) is 24.1 Å². The molecule has 202 valence electrons. The normalized spacial score (nSPS) is 11.9. The van der Waals surface area contributed by atoms with E-state index in [0.717, 1.165) is 15.4 Å². The van der Waals surface area contributed by atoms with Gasteiger partial charge in [0.2, 0.25) is 11.8 Å². The summed E-state index contributed by atoms with van der Waals surface area (Å²) in [7, 11) is -2.61. The van der Waals surface area contributed by atoms with Crippen molar-refractivity contribution >= 4 is 27.5 Å². The molecule has 0 aliphatic rings. The second-order valence-corrected chi connectivity index (χ2v) is 10.8. The maximum Gasteiger partial charge on any atom is 0.264 e. The molecule has 3 aromatic carbocycles. The minimum Gasteiger partial charge on any atom is -0.497 e. The van der Waals surface area contributed by atoms with Crippen molar-refractivity contribution in [1.29, 1.82) is 0 Å². The molecule has 0 unspecified atom stereocenters. The summed E-state index contributed by atoms with van der Waals surface area (Å²) in [6.07, 6.45) is 0.520. The van der Waals surface area contributed by atoms with E-state index in [4.69, 9.17) is 4.74 Å². The first-order valence-corrected chi connectivity index (χ1v) is 14.0. The van der Waals surface area contributed by atoms with Gasteiger partial charge in [-0.1, -0.05) is 48.0 Å². The molecule has 0 fully saturated rings. The molecule has 3 rings (SSSR count). The molecule has 0 saturated heterocycles. The van der Waals surface area contributed by atoms with E-state index in [0.29, 0.717) is 24.4 Å². The summed E-state index contributed by atoms with van der Waals surface area (Å²) in [5.74, 6) is -0.254. The van der Waals surface area contributed by atoms with E-state index in [2.05, 4.69) is 5.32 Å². The minimum absolute atomic E-state index is 0.0271. The number of nitrogens with zero attached hydrogens (tertiary/aromatic N) is 2. The van der Waals surface area contributed by atoms with E-state index < -0.39 is 28.5 Å². The lowest BCUT2D eigenvalue weighted by atomic mass is 10.1. The summed E-state index contributed by atoms with van der Waals surface area (Å²) < 4.78 is 33.8. The summed E-state index contributed by atoms with van der Waals surface area (Å²) in [5.41, 5.74) is 2.32. The predicted octanol–water partition coefficient (Wildman–Crippen LogP) is 3.79. The Kier molecular flexibility index (Phi) is 9.90. The minimum atomic E-state index is -4.11. The van der Waals surface area contributed by atoms with Gasteiger partial charge in [0.05, 0.1) is 17.7 Å². The first-order valence-electron chi connectivity index (χ1n) is 12.5. The zero-order valence-corrected chi connectivity index (χ0v) is 23.1. The van der Waals surface area contributed by atoms with Crippen molar-refractivity contribution in [1.82, 2.24) is 10.2 Å². The van der Waals surface area contributed by atoms with Crippen LogP contribution in [0.15, 0.2) is 83.8 Å². The summed E-state index contributed by atoms with van der Waals surface area (Å²) in [4.78, 5) is 28.0. The Morgan fingerprint density at radius 2 is 1.58 bits per heavy atom. The number of benzene rings is 3. The molecule has 0 aliphatic carbocycles. The lowest BCUT2D eigenvalue weighted by molar-refractivity contribution is -0.138. The van der Waals surface area contributed by atoms with Crippen LogP contribution in [-0.2, 0) is 26.0 Å². The monoisotopic (exact) mass is 537 g/mol. The molecule has 0 aliphatic heterocycles. The van der Waals surface area contributed by atoms with Crippen molar-refractivity contribution in [2.45, 2.75) is 38.1 Å². The van der Waals surface area contributed by atoms with Crippen molar-refractivity contribution in [2.24, 2.45) is 0 Å². The molecule has 2 amide bonds. The number of sulfonamides is 1. The van der Waals surface area contributed by atoms with Crippen LogP contribution < -0.4 is 14.4 Å². The van der Waals surface area contributed by atoms with Crippen LogP contribution in [-0.4, -0.2) is 57.9 Å². The molecule has 1 N–H and O–H groups in total. The van der Waals surface area contributed by atoms with Gasteiger partial charge in [-0.15, -0.1) is 0 Å². The van der Waals surface area contributed by atoms with Gasteiger partial charge in [-0.3, -0.25) is 13.9 Å². The van der Waals surface area contributed by atoms with Crippen molar-refractivity contribution in [3.05, 3.63) is 90.0 Å². The summed E-state index contributed by atoms with van der Waals surface area (Å²) in [5, 5.41) is 2.76. The van der Waals surface area contributed by atoms with E-state index in [-0.39, 0.29) is 17.3 Å². The molecule has 0 radical (unpaired) electrons. The molecule has 8 nitrogen and oxygen atoms in total. The number of amides is 2. The molecule has 38 heavy (non-hydrogen) atoms. The van der Waals surface area contributed by atoms with Crippen LogP contribution in [0.2, 0.25) is 0 Å². The first-order chi connectivity index (χ1) is 18.2. The predicted molar refractivity (Wildman–Crippen MR) is 149 cm³/mol. The molecule has 0 aromatic heterocycles. The smallest absolute Gasteiger partial charge is 0.264 e. The number of carbonyl (C=O) groups is 2. The lowest BCUT2D eigenvalue weighted by Gasteiger charge is -2.32. The second kappa shape index (κ2) is 13.1. The molecular weight excluding hydrogens is 502 g/mol. The van der Waals surface area contributed by atoms with Gasteiger partial charge < -0.3 is 15.0 Å². The van der Waals surface area contributed by atoms with E-state index in [1.54, 1.807) is 50.2 Å². The van der Waals surface area contributed by atoms with Gasteiger partial charge in [0.25, 0.3) is 10.0 Å². The highest BCUT2D eigenvalue weighted by Crippen LogP contribution is 2.26. The van der Waals surface area contributed by atoms with Gasteiger partial charge in [0.15, 0.2) is 0 Å². The van der Waals surface area contributed by atoms with E-state index in [9.17, 15) is 18.0 Å². The third kappa shape index (κ3) is 7.13. The highest BCUT2D eigenvalue weighted by molar-refractivity contribution is 7.92. The molecule has 0 saturated carbocycles. The Labute approximate surface area is 225 Å². The fourth-order valence-corrected chi connectivity index (χ4v) is 5.42. The average molecular weight is 538 g/mol. The fourth-order valence-electron chi connectivity index (χ4n) is 4.01. The summed E-state index contributed by atoms with van der Waals surface area (Å²) >= 11 is 0. The van der Waals surface area contributed by atoms with E-state index in [1.807, 2.05) is 37.3 Å². The van der Waals surface area contributed by atoms with Crippen molar-refractivity contribution < 1.29 is 22.7 Å². The number of aryl methyl sites for hydroxylation is 1. The Morgan fingerprint density at radius 1 is 0.947 bits per heavy atom. The van der Waals surface area contributed by atoms with Crippen LogP contribution in [0.25, 0.3) is 0 Å². The molecule has 0 spiro atoms. The van der Waals surface area contributed by atoms with Gasteiger partial charge in [-0.2, -0.15) is 0 Å². The van der Waals surface area contributed by atoms with Gasteiger partial charge in [-0.25, -0.2) is 8.42 Å². The number of methoxy groups -OCH3 is 1. The van der Waals surface area contributed by atoms with Crippen molar-refractivity contribution in [3.63, 3.8) is 0 Å². The van der Waals surface area contributed by atoms with E-state index >= 15 is 0 Å². The highest BCUT2D eigenvalue weighted by Gasteiger charge is 2.32.